The summed E-state index contributed by atoms with van der Waals surface area (Å²) < 4.78 is 1.82. The highest BCUT2D eigenvalue weighted by atomic mass is 15.2. The fourth-order valence-electron chi connectivity index (χ4n) is 1.65. The van der Waals surface area contributed by atoms with Gasteiger partial charge in [-0.05, 0) is 24.1 Å². The number of aromatic nitrogens is 2. The molecule has 0 amide bonds. The lowest BCUT2D eigenvalue weighted by Gasteiger charge is -1.97. The molecule has 0 saturated heterocycles. The molecule has 0 bridgehead atoms. The maximum absolute atomic E-state index is 4.13. The van der Waals surface area contributed by atoms with Crippen molar-refractivity contribution in [2.45, 2.75) is 6.42 Å². The molecule has 0 atom stereocenters. The smallest absolute Gasteiger partial charge is 0.0580 e. The number of rotatable bonds is 4. The first-order chi connectivity index (χ1) is 8.84. The van der Waals surface area contributed by atoms with Gasteiger partial charge in [-0.3, -0.25) is 4.68 Å². The van der Waals surface area contributed by atoms with Gasteiger partial charge in [-0.25, -0.2) is 0 Å². The van der Waals surface area contributed by atoms with E-state index in [1.165, 1.54) is 5.56 Å². The molecule has 0 spiro atoms. The van der Waals surface area contributed by atoms with E-state index in [-0.39, 0.29) is 0 Å². The quantitative estimate of drug-likeness (QED) is 0.649. The van der Waals surface area contributed by atoms with E-state index in [0.717, 1.165) is 25.1 Å². The fourth-order valence-corrected chi connectivity index (χ4v) is 1.65. The Hall–Kier alpha value is -2.05. The van der Waals surface area contributed by atoms with Crippen LogP contribution >= 0.6 is 0 Å². The molecule has 0 fully saturated rings. The van der Waals surface area contributed by atoms with Gasteiger partial charge in [-0.1, -0.05) is 30.0 Å². The fraction of sp³-hybridized carbons (Fsp3) is 0.267. The Labute approximate surface area is 108 Å². The Morgan fingerprint density at radius 1 is 1.28 bits per heavy atom. The molecule has 1 aromatic heterocycles. The molecule has 0 aliphatic carbocycles. The Bertz CT molecular complexity index is 532. The molecule has 3 heteroatoms. The molecule has 0 radical (unpaired) electrons. The van der Waals surface area contributed by atoms with Crippen LogP contribution < -0.4 is 5.32 Å². The number of hydrogen-bond donors (Lipinski definition) is 1. The lowest BCUT2D eigenvalue weighted by Crippen LogP contribution is -2.17. The third kappa shape index (κ3) is 4.08. The minimum absolute atomic E-state index is 0.717. The van der Waals surface area contributed by atoms with E-state index in [9.17, 15) is 0 Å². The molecule has 0 saturated carbocycles. The second-order valence-electron chi connectivity index (χ2n) is 4.12. The molecule has 1 aromatic carbocycles. The van der Waals surface area contributed by atoms with Crippen molar-refractivity contribution in [3.63, 3.8) is 0 Å². The number of nitrogens with zero attached hydrogens (tertiary/aromatic N) is 2. The van der Waals surface area contributed by atoms with Crippen LogP contribution in [0.2, 0.25) is 0 Å². The molecule has 92 valence electrons. The Morgan fingerprint density at radius 2 is 2.11 bits per heavy atom. The number of nitrogens with one attached hydrogen (secondary N) is 1. The topological polar surface area (TPSA) is 29.9 Å². The maximum Gasteiger partial charge on any atom is 0.0580 e. The summed E-state index contributed by atoms with van der Waals surface area (Å²) in [4.78, 5) is 0. The first-order valence-electron chi connectivity index (χ1n) is 6.07. The van der Waals surface area contributed by atoms with Crippen LogP contribution in [0, 0.1) is 11.8 Å². The van der Waals surface area contributed by atoms with Gasteiger partial charge in [-0.2, -0.15) is 5.10 Å². The molecular formula is C15H17N3. The summed E-state index contributed by atoms with van der Waals surface area (Å²) in [5.41, 5.74) is 2.31. The normalized spacial score (nSPS) is 9.83. The zero-order chi connectivity index (χ0) is 12.6. The van der Waals surface area contributed by atoms with E-state index < -0.39 is 0 Å². The Morgan fingerprint density at radius 3 is 2.83 bits per heavy atom. The van der Waals surface area contributed by atoms with Crippen molar-refractivity contribution in [1.29, 1.82) is 0 Å². The van der Waals surface area contributed by atoms with Crippen LogP contribution in [0.1, 0.15) is 11.1 Å². The largest absolute Gasteiger partial charge is 0.306 e. The maximum atomic E-state index is 4.13. The first kappa shape index (κ1) is 12.4. The second kappa shape index (κ2) is 6.63. The Kier molecular flexibility index (Phi) is 4.57. The van der Waals surface area contributed by atoms with Crippen molar-refractivity contribution in [3.8, 4) is 11.8 Å². The van der Waals surface area contributed by atoms with Crippen molar-refractivity contribution in [3.05, 3.63) is 53.9 Å². The minimum atomic E-state index is 0.717. The van der Waals surface area contributed by atoms with Crippen LogP contribution in [0.5, 0.6) is 0 Å². The van der Waals surface area contributed by atoms with Crippen molar-refractivity contribution in [2.24, 2.45) is 7.05 Å². The summed E-state index contributed by atoms with van der Waals surface area (Å²) in [5, 5.41) is 7.44. The van der Waals surface area contributed by atoms with Gasteiger partial charge >= 0.3 is 0 Å². The second-order valence-corrected chi connectivity index (χ2v) is 4.12. The van der Waals surface area contributed by atoms with Crippen molar-refractivity contribution < 1.29 is 0 Å². The van der Waals surface area contributed by atoms with Gasteiger partial charge in [0.25, 0.3) is 0 Å². The molecule has 1 heterocycles. The number of benzene rings is 1. The summed E-state index contributed by atoms with van der Waals surface area (Å²) >= 11 is 0. The average molecular weight is 239 g/mol. The van der Waals surface area contributed by atoms with Crippen LogP contribution in [0.4, 0.5) is 0 Å². The van der Waals surface area contributed by atoms with Gasteiger partial charge in [0, 0.05) is 25.4 Å². The van der Waals surface area contributed by atoms with Gasteiger partial charge in [0.05, 0.1) is 12.7 Å². The highest BCUT2D eigenvalue weighted by Gasteiger charge is 1.94. The van der Waals surface area contributed by atoms with Gasteiger partial charge in [-0.15, -0.1) is 0 Å². The zero-order valence-electron chi connectivity index (χ0n) is 10.6. The van der Waals surface area contributed by atoms with Crippen molar-refractivity contribution >= 4 is 0 Å². The standard InChI is InChI=1S/C15H17N3/c1-18-13-15(12-17-18)9-11-16-10-5-8-14-6-3-2-4-7-14/h2-4,6-7,12-13,16H,9-11H2,1H3. The molecule has 2 aromatic rings. The third-order valence-corrected chi connectivity index (χ3v) is 2.57. The third-order valence-electron chi connectivity index (χ3n) is 2.57. The monoisotopic (exact) mass is 239 g/mol. The molecule has 0 aliphatic rings. The molecule has 1 N–H and O–H groups in total. The number of hydrogen-bond acceptors (Lipinski definition) is 2. The van der Waals surface area contributed by atoms with Crippen LogP contribution in [-0.2, 0) is 13.5 Å². The summed E-state index contributed by atoms with van der Waals surface area (Å²) in [6.07, 6.45) is 4.93. The molecule has 2 rings (SSSR count). The SMILES string of the molecule is Cn1cc(CCNCC#Cc2ccccc2)cn1. The number of aryl methyl sites for hydroxylation is 1. The summed E-state index contributed by atoms with van der Waals surface area (Å²) in [7, 11) is 1.93. The zero-order valence-corrected chi connectivity index (χ0v) is 10.6. The molecule has 0 aliphatic heterocycles. The van der Waals surface area contributed by atoms with Gasteiger partial charge in [0.15, 0.2) is 0 Å². The van der Waals surface area contributed by atoms with E-state index >= 15 is 0 Å². The van der Waals surface area contributed by atoms with Crippen LogP contribution in [0.25, 0.3) is 0 Å². The van der Waals surface area contributed by atoms with Crippen molar-refractivity contribution in [2.75, 3.05) is 13.1 Å². The first-order valence-corrected chi connectivity index (χ1v) is 6.07. The summed E-state index contributed by atoms with van der Waals surface area (Å²) in [6, 6.07) is 10.0. The molecule has 18 heavy (non-hydrogen) atoms. The van der Waals surface area contributed by atoms with Crippen LogP contribution in [0.3, 0.4) is 0 Å². The highest BCUT2D eigenvalue weighted by Crippen LogP contribution is 1.96. The molecule has 3 nitrogen and oxygen atoms in total. The van der Waals surface area contributed by atoms with Crippen LogP contribution in [0.15, 0.2) is 42.7 Å². The van der Waals surface area contributed by atoms with Crippen LogP contribution in [-0.4, -0.2) is 22.9 Å². The molecular weight excluding hydrogens is 222 g/mol. The van der Waals surface area contributed by atoms with Gasteiger partial charge in [0.2, 0.25) is 0 Å². The average Bonchev–Trinajstić information content (AvgIpc) is 2.81. The van der Waals surface area contributed by atoms with Gasteiger partial charge in [0.1, 0.15) is 0 Å². The van der Waals surface area contributed by atoms with E-state index in [4.69, 9.17) is 0 Å². The highest BCUT2D eigenvalue weighted by molar-refractivity contribution is 5.33. The predicted octanol–water partition coefficient (Wildman–Crippen LogP) is 1.60. The van der Waals surface area contributed by atoms with E-state index in [2.05, 4.69) is 22.3 Å². The lowest BCUT2D eigenvalue weighted by molar-refractivity contribution is 0.748. The minimum Gasteiger partial charge on any atom is -0.306 e. The Balaban J connectivity index is 1.66. The summed E-state index contributed by atoms with van der Waals surface area (Å²) in [6.45, 7) is 1.64. The van der Waals surface area contributed by atoms with E-state index in [1.54, 1.807) is 0 Å². The van der Waals surface area contributed by atoms with Gasteiger partial charge < -0.3 is 5.32 Å². The predicted molar refractivity (Wildman–Crippen MR) is 73.1 cm³/mol. The van der Waals surface area contributed by atoms with E-state index in [1.807, 2.05) is 54.5 Å². The summed E-state index contributed by atoms with van der Waals surface area (Å²) in [5.74, 6) is 6.23. The van der Waals surface area contributed by atoms with E-state index in [0.29, 0.717) is 0 Å². The molecule has 0 unspecified atom stereocenters. The lowest BCUT2D eigenvalue weighted by atomic mass is 10.2. The van der Waals surface area contributed by atoms with Crippen molar-refractivity contribution in [1.82, 2.24) is 15.1 Å².